The van der Waals surface area contributed by atoms with E-state index in [2.05, 4.69) is 15.6 Å². The highest BCUT2D eigenvalue weighted by Crippen LogP contribution is 2.28. The molecule has 1 aromatic heterocycles. The molecule has 0 spiro atoms. The third-order valence-electron chi connectivity index (χ3n) is 2.95. The first-order valence-corrected chi connectivity index (χ1v) is 6.40. The first-order chi connectivity index (χ1) is 9.22. The predicted molar refractivity (Wildman–Crippen MR) is 69.6 cm³/mol. The van der Waals surface area contributed by atoms with Crippen LogP contribution in [0.5, 0.6) is 0 Å². The molecule has 0 unspecified atom stereocenters. The van der Waals surface area contributed by atoms with Crippen LogP contribution in [0.1, 0.15) is 23.2 Å². The van der Waals surface area contributed by atoms with E-state index in [1.165, 1.54) is 25.1 Å². The molecular formula is C13H18FN3O2. The number of hydrogen-bond acceptors (Lipinski definition) is 4. The van der Waals surface area contributed by atoms with Gasteiger partial charge in [0, 0.05) is 26.4 Å². The number of pyridine rings is 1. The Morgan fingerprint density at radius 2 is 2.37 bits per heavy atom. The predicted octanol–water partition coefficient (Wildman–Crippen LogP) is 1.42. The van der Waals surface area contributed by atoms with Gasteiger partial charge in [0.15, 0.2) is 11.6 Å². The van der Waals surface area contributed by atoms with Crippen LogP contribution >= 0.6 is 0 Å². The van der Waals surface area contributed by atoms with Crippen LogP contribution in [0.2, 0.25) is 0 Å². The fourth-order valence-electron chi connectivity index (χ4n) is 1.66. The molecule has 1 amide bonds. The quantitative estimate of drug-likeness (QED) is 0.733. The number of ether oxygens (including phenoxy) is 1. The van der Waals surface area contributed by atoms with Crippen molar-refractivity contribution in [2.24, 2.45) is 5.92 Å². The summed E-state index contributed by atoms with van der Waals surface area (Å²) in [4.78, 5) is 15.6. The van der Waals surface area contributed by atoms with Crippen LogP contribution in [0.25, 0.3) is 0 Å². The number of nitrogens with zero attached hydrogens (tertiary/aromatic N) is 1. The molecule has 19 heavy (non-hydrogen) atoms. The summed E-state index contributed by atoms with van der Waals surface area (Å²) in [5.41, 5.74) is -0.0125. The molecule has 0 aliphatic heterocycles. The van der Waals surface area contributed by atoms with Crippen LogP contribution in [-0.4, -0.2) is 37.7 Å². The minimum atomic E-state index is -0.638. The van der Waals surface area contributed by atoms with Gasteiger partial charge in [-0.2, -0.15) is 0 Å². The zero-order valence-electron chi connectivity index (χ0n) is 10.9. The van der Waals surface area contributed by atoms with Gasteiger partial charge in [0.05, 0.1) is 12.2 Å². The number of halogens is 1. The SMILES string of the molecule is CNc1nccc(C(=O)NCCOCC2CC2)c1F. The van der Waals surface area contributed by atoms with Crippen molar-refractivity contribution in [3.05, 3.63) is 23.6 Å². The monoisotopic (exact) mass is 267 g/mol. The molecule has 104 valence electrons. The third-order valence-corrected chi connectivity index (χ3v) is 2.95. The first-order valence-electron chi connectivity index (χ1n) is 6.40. The van der Waals surface area contributed by atoms with Crippen molar-refractivity contribution in [3.8, 4) is 0 Å². The Labute approximate surface area is 111 Å². The highest BCUT2D eigenvalue weighted by molar-refractivity contribution is 5.95. The highest BCUT2D eigenvalue weighted by atomic mass is 19.1. The molecule has 2 rings (SSSR count). The van der Waals surface area contributed by atoms with Crippen LogP contribution < -0.4 is 10.6 Å². The number of carbonyl (C=O) groups is 1. The Kier molecular flexibility index (Phi) is 4.68. The number of aromatic nitrogens is 1. The van der Waals surface area contributed by atoms with Gasteiger partial charge in [-0.15, -0.1) is 0 Å². The van der Waals surface area contributed by atoms with E-state index >= 15 is 0 Å². The van der Waals surface area contributed by atoms with Crippen molar-refractivity contribution in [1.82, 2.24) is 10.3 Å². The lowest BCUT2D eigenvalue weighted by Gasteiger charge is -2.08. The van der Waals surface area contributed by atoms with E-state index in [1.807, 2.05) is 0 Å². The molecule has 1 aliphatic rings. The first kappa shape index (κ1) is 13.7. The lowest BCUT2D eigenvalue weighted by Crippen LogP contribution is -2.28. The molecule has 5 nitrogen and oxygen atoms in total. The molecule has 0 aromatic carbocycles. The van der Waals surface area contributed by atoms with E-state index in [9.17, 15) is 9.18 Å². The summed E-state index contributed by atoms with van der Waals surface area (Å²) in [6, 6.07) is 1.36. The summed E-state index contributed by atoms with van der Waals surface area (Å²) in [6.45, 7) is 1.58. The van der Waals surface area contributed by atoms with E-state index in [0.717, 1.165) is 6.61 Å². The maximum atomic E-state index is 13.8. The Hall–Kier alpha value is -1.69. The van der Waals surface area contributed by atoms with Crippen molar-refractivity contribution in [1.29, 1.82) is 0 Å². The molecule has 2 N–H and O–H groups in total. The van der Waals surface area contributed by atoms with Crippen molar-refractivity contribution in [2.75, 3.05) is 32.1 Å². The van der Waals surface area contributed by atoms with Crippen molar-refractivity contribution in [3.63, 3.8) is 0 Å². The number of amides is 1. The fraction of sp³-hybridized carbons (Fsp3) is 0.538. The molecule has 1 saturated carbocycles. The number of hydrogen-bond donors (Lipinski definition) is 2. The molecule has 0 radical (unpaired) electrons. The summed E-state index contributed by atoms with van der Waals surface area (Å²) in [5, 5.41) is 5.22. The van der Waals surface area contributed by atoms with Gasteiger partial charge in [0.2, 0.25) is 0 Å². The molecular weight excluding hydrogens is 249 g/mol. The Balaban J connectivity index is 1.78. The normalized spacial score (nSPS) is 14.2. The number of rotatable bonds is 7. The molecule has 1 fully saturated rings. The second-order valence-corrected chi connectivity index (χ2v) is 4.55. The van der Waals surface area contributed by atoms with E-state index in [1.54, 1.807) is 7.05 Å². The Morgan fingerprint density at radius 3 is 3.05 bits per heavy atom. The van der Waals surface area contributed by atoms with Crippen LogP contribution in [0, 0.1) is 11.7 Å². The molecule has 6 heteroatoms. The minimum absolute atomic E-state index is 0.0125. The maximum absolute atomic E-state index is 13.8. The van der Waals surface area contributed by atoms with Gasteiger partial charge < -0.3 is 15.4 Å². The molecule has 0 saturated heterocycles. The average Bonchev–Trinajstić information content (AvgIpc) is 3.22. The van der Waals surface area contributed by atoms with Gasteiger partial charge in [-0.25, -0.2) is 9.37 Å². The van der Waals surface area contributed by atoms with E-state index in [4.69, 9.17) is 4.74 Å². The molecule has 1 aromatic rings. The van der Waals surface area contributed by atoms with Crippen LogP contribution in [-0.2, 0) is 4.74 Å². The second-order valence-electron chi connectivity index (χ2n) is 4.55. The zero-order valence-corrected chi connectivity index (χ0v) is 10.9. The van der Waals surface area contributed by atoms with E-state index < -0.39 is 11.7 Å². The lowest BCUT2D eigenvalue weighted by molar-refractivity contribution is 0.0903. The van der Waals surface area contributed by atoms with Crippen molar-refractivity contribution < 1.29 is 13.9 Å². The highest BCUT2D eigenvalue weighted by Gasteiger charge is 2.21. The van der Waals surface area contributed by atoms with E-state index in [0.29, 0.717) is 19.1 Å². The average molecular weight is 267 g/mol. The standard InChI is InChI=1S/C13H18FN3O2/c1-15-12-11(14)10(4-5-16-12)13(18)17-6-7-19-8-9-2-3-9/h4-5,9H,2-3,6-8H2,1H3,(H,15,16)(H,17,18). The fourth-order valence-corrected chi connectivity index (χ4v) is 1.66. The number of nitrogens with one attached hydrogen (secondary N) is 2. The van der Waals surface area contributed by atoms with Crippen molar-refractivity contribution >= 4 is 11.7 Å². The zero-order chi connectivity index (χ0) is 13.7. The minimum Gasteiger partial charge on any atom is -0.379 e. The van der Waals surface area contributed by atoms with Gasteiger partial charge in [0.1, 0.15) is 0 Å². The molecule has 1 aliphatic carbocycles. The number of anilines is 1. The third kappa shape index (κ3) is 3.89. The summed E-state index contributed by atoms with van der Waals surface area (Å²) < 4.78 is 19.2. The molecule has 0 atom stereocenters. The Bertz CT molecular complexity index is 450. The summed E-state index contributed by atoms with van der Waals surface area (Å²) in [7, 11) is 1.55. The summed E-state index contributed by atoms with van der Waals surface area (Å²) >= 11 is 0. The van der Waals surface area contributed by atoms with Gasteiger partial charge in [0.25, 0.3) is 5.91 Å². The number of carbonyl (C=O) groups excluding carboxylic acids is 1. The Morgan fingerprint density at radius 1 is 1.58 bits per heavy atom. The molecule has 1 heterocycles. The van der Waals surface area contributed by atoms with E-state index in [-0.39, 0.29) is 11.4 Å². The lowest BCUT2D eigenvalue weighted by atomic mass is 10.2. The maximum Gasteiger partial charge on any atom is 0.254 e. The largest absolute Gasteiger partial charge is 0.379 e. The van der Waals surface area contributed by atoms with Crippen LogP contribution in [0.3, 0.4) is 0 Å². The molecule has 0 bridgehead atoms. The summed E-state index contributed by atoms with van der Waals surface area (Å²) in [6.07, 6.45) is 3.87. The topological polar surface area (TPSA) is 63.2 Å². The van der Waals surface area contributed by atoms with Gasteiger partial charge >= 0.3 is 0 Å². The van der Waals surface area contributed by atoms with Crippen LogP contribution in [0.15, 0.2) is 12.3 Å². The van der Waals surface area contributed by atoms with Crippen molar-refractivity contribution in [2.45, 2.75) is 12.8 Å². The van der Waals surface area contributed by atoms with Gasteiger partial charge in [-0.05, 0) is 24.8 Å². The van der Waals surface area contributed by atoms with Gasteiger partial charge in [-0.3, -0.25) is 4.79 Å². The van der Waals surface area contributed by atoms with Gasteiger partial charge in [-0.1, -0.05) is 0 Å². The summed E-state index contributed by atoms with van der Waals surface area (Å²) in [5.74, 6) is -0.322. The van der Waals surface area contributed by atoms with Crippen LogP contribution in [0.4, 0.5) is 10.2 Å². The smallest absolute Gasteiger partial charge is 0.254 e. The second kappa shape index (κ2) is 6.47.